The zero-order valence-corrected chi connectivity index (χ0v) is 21.4. The topological polar surface area (TPSA) is 111 Å². The van der Waals surface area contributed by atoms with Gasteiger partial charge in [-0.25, -0.2) is 8.42 Å². The number of aromatic nitrogens is 3. The summed E-state index contributed by atoms with van der Waals surface area (Å²) >= 11 is 0. The molecule has 196 valence electrons. The Morgan fingerprint density at radius 1 is 1.11 bits per heavy atom. The van der Waals surface area contributed by atoms with Gasteiger partial charge in [-0.1, -0.05) is 12.5 Å². The van der Waals surface area contributed by atoms with E-state index in [4.69, 9.17) is 4.74 Å². The van der Waals surface area contributed by atoms with Crippen molar-refractivity contribution >= 4 is 21.4 Å². The summed E-state index contributed by atoms with van der Waals surface area (Å²) in [6.07, 6.45) is -0.643. The van der Waals surface area contributed by atoms with E-state index in [1.54, 1.807) is 13.8 Å². The van der Waals surface area contributed by atoms with Crippen molar-refractivity contribution in [3.05, 3.63) is 64.1 Å². The van der Waals surface area contributed by atoms with Crippen LogP contribution in [0.4, 0.5) is 18.9 Å². The number of sulfone groups is 1. The van der Waals surface area contributed by atoms with Gasteiger partial charge in [-0.15, -0.1) is 10.2 Å². The van der Waals surface area contributed by atoms with E-state index in [9.17, 15) is 26.4 Å². The highest BCUT2D eigenvalue weighted by Crippen LogP contribution is 2.39. The van der Waals surface area contributed by atoms with E-state index >= 15 is 0 Å². The van der Waals surface area contributed by atoms with Crippen molar-refractivity contribution < 1.29 is 31.1 Å². The highest BCUT2D eigenvalue weighted by molar-refractivity contribution is 7.90. The Morgan fingerprint density at radius 3 is 2.38 bits per heavy atom. The summed E-state index contributed by atoms with van der Waals surface area (Å²) in [5.41, 5.74) is -0.0941. The predicted octanol–water partition coefficient (Wildman–Crippen LogP) is 5.53. The van der Waals surface area contributed by atoms with Crippen LogP contribution < -0.4 is 10.1 Å². The van der Waals surface area contributed by atoms with E-state index in [1.165, 1.54) is 24.3 Å². The second-order valence-electron chi connectivity index (χ2n) is 9.11. The van der Waals surface area contributed by atoms with E-state index in [0.29, 0.717) is 17.2 Å². The summed E-state index contributed by atoms with van der Waals surface area (Å²) in [6.45, 7) is 4.60. The maximum absolute atomic E-state index is 13.6. The van der Waals surface area contributed by atoms with Crippen molar-refractivity contribution in [2.45, 2.75) is 57.0 Å². The highest BCUT2D eigenvalue weighted by Gasteiger charge is 2.38. The molecule has 0 atom stereocenters. The molecular weight excluding hydrogens is 509 g/mol. The van der Waals surface area contributed by atoms with Gasteiger partial charge in [-0.05, 0) is 69.0 Å². The van der Waals surface area contributed by atoms with Gasteiger partial charge < -0.3 is 10.1 Å². The van der Waals surface area contributed by atoms with Gasteiger partial charge >= 0.3 is 6.18 Å². The first-order valence-electron chi connectivity index (χ1n) is 11.5. The summed E-state index contributed by atoms with van der Waals surface area (Å²) in [4.78, 5) is 17.8. The van der Waals surface area contributed by atoms with Crippen LogP contribution in [0.25, 0.3) is 0 Å². The largest absolute Gasteiger partial charge is 0.435 e. The number of aryl methyl sites for hydroxylation is 2. The molecule has 1 aliphatic rings. The van der Waals surface area contributed by atoms with Gasteiger partial charge in [0.1, 0.15) is 5.56 Å². The number of benzene rings is 1. The van der Waals surface area contributed by atoms with Crippen LogP contribution in [-0.4, -0.2) is 35.8 Å². The molecule has 0 unspecified atom stereocenters. The standard InChI is InChI=1S/C25H25F3N4O4S/c1-13-11-19(16-7-5-8-16)29-15(3)21(13)36-24-20(14(2)22(31-32-24)25(26,27)28)23(33)30-17-9-6-10-18(12-17)37(4,34)35/h6,9-12,16H,5,7-8H2,1-4H3,(H,30,33). The molecule has 0 spiro atoms. The Morgan fingerprint density at radius 2 is 1.81 bits per heavy atom. The smallest absolute Gasteiger partial charge is 0.435 e. The zero-order chi connectivity index (χ0) is 27.1. The van der Waals surface area contributed by atoms with Gasteiger partial charge in [0.25, 0.3) is 11.8 Å². The Kier molecular flexibility index (Phi) is 6.97. The van der Waals surface area contributed by atoms with Crippen LogP contribution in [-0.2, 0) is 16.0 Å². The molecule has 3 aromatic rings. The van der Waals surface area contributed by atoms with Gasteiger partial charge in [0, 0.05) is 23.6 Å². The van der Waals surface area contributed by atoms with Crippen molar-refractivity contribution in [1.29, 1.82) is 0 Å². The maximum atomic E-state index is 13.6. The zero-order valence-electron chi connectivity index (χ0n) is 20.6. The fourth-order valence-electron chi connectivity index (χ4n) is 4.12. The van der Waals surface area contributed by atoms with Crippen LogP contribution in [0.3, 0.4) is 0 Å². The van der Waals surface area contributed by atoms with Crippen LogP contribution in [0.5, 0.6) is 11.6 Å². The fraction of sp³-hybridized carbons (Fsp3) is 0.360. The number of carbonyl (C=O) groups excluding carboxylic acids is 1. The van der Waals surface area contributed by atoms with Gasteiger partial charge in [0.2, 0.25) is 0 Å². The normalized spacial score (nSPS) is 14.2. The van der Waals surface area contributed by atoms with Crippen molar-refractivity contribution in [3.63, 3.8) is 0 Å². The second-order valence-corrected chi connectivity index (χ2v) is 11.1. The third-order valence-electron chi connectivity index (χ3n) is 6.27. The summed E-state index contributed by atoms with van der Waals surface area (Å²) in [5, 5.41) is 9.35. The van der Waals surface area contributed by atoms with E-state index < -0.39 is 44.6 Å². The predicted molar refractivity (Wildman–Crippen MR) is 130 cm³/mol. The number of carbonyl (C=O) groups is 1. The summed E-state index contributed by atoms with van der Waals surface area (Å²) < 4.78 is 70.4. The van der Waals surface area contributed by atoms with E-state index in [-0.39, 0.29) is 16.3 Å². The monoisotopic (exact) mass is 534 g/mol. The minimum absolute atomic E-state index is 0.0637. The van der Waals surface area contributed by atoms with Crippen LogP contribution in [0.2, 0.25) is 0 Å². The molecule has 0 radical (unpaired) electrons. The van der Waals surface area contributed by atoms with Crippen molar-refractivity contribution in [2.24, 2.45) is 0 Å². The van der Waals surface area contributed by atoms with Crippen molar-refractivity contribution in [1.82, 2.24) is 15.2 Å². The number of anilines is 1. The number of nitrogens with one attached hydrogen (secondary N) is 1. The maximum Gasteiger partial charge on any atom is 0.435 e. The molecule has 0 aliphatic heterocycles. The quantitative estimate of drug-likeness (QED) is 0.443. The number of pyridine rings is 1. The van der Waals surface area contributed by atoms with Crippen LogP contribution in [0.1, 0.15) is 63.7 Å². The molecule has 37 heavy (non-hydrogen) atoms. The summed E-state index contributed by atoms with van der Waals surface area (Å²) in [6, 6.07) is 7.24. The van der Waals surface area contributed by atoms with Gasteiger partial charge in [-0.3, -0.25) is 9.78 Å². The molecule has 1 aromatic carbocycles. The van der Waals surface area contributed by atoms with E-state index in [1.807, 2.05) is 6.07 Å². The van der Waals surface area contributed by atoms with Crippen LogP contribution in [0, 0.1) is 20.8 Å². The first kappa shape index (κ1) is 26.5. The van der Waals surface area contributed by atoms with Crippen LogP contribution >= 0.6 is 0 Å². The summed E-state index contributed by atoms with van der Waals surface area (Å²) in [7, 11) is -3.58. The molecule has 1 amide bonds. The van der Waals surface area contributed by atoms with Gasteiger partial charge in [0.05, 0.1) is 10.6 Å². The third-order valence-corrected chi connectivity index (χ3v) is 7.38. The van der Waals surface area contributed by atoms with Crippen molar-refractivity contribution in [2.75, 3.05) is 11.6 Å². The lowest BCUT2D eigenvalue weighted by Crippen LogP contribution is -2.21. The number of ether oxygens (including phenoxy) is 1. The number of hydrogen-bond donors (Lipinski definition) is 1. The van der Waals surface area contributed by atoms with Crippen molar-refractivity contribution in [3.8, 4) is 11.6 Å². The average Bonchev–Trinajstić information content (AvgIpc) is 2.73. The molecule has 1 saturated carbocycles. The second kappa shape index (κ2) is 9.73. The Labute approximate surface area is 212 Å². The number of alkyl halides is 3. The number of hydrogen-bond acceptors (Lipinski definition) is 7. The number of halogens is 3. The molecule has 8 nitrogen and oxygen atoms in total. The molecule has 12 heteroatoms. The molecule has 0 saturated heterocycles. The van der Waals surface area contributed by atoms with Crippen LogP contribution in [0.15, 0.2) is 35.2 Å². The Hall–Kier alpha value is -3.54. The lowest BCUT2D eigenvalue weighted by Gasteiger charge is -2.26. The minimum atomic E-state index is -4.86. The molecule has 2 aromatic heterocycles. The SMILES string of the molecule is Cc1cc(C2CCC2)nc(C)c1Oc1nnc(C(F)(F)F)c(C)c1C(=O)Nc1cccc(S(C)(=O)=O)c1. The molecule has 4 rings (SSSR count). The third kappa shape index (κ3) is 5.58. The van der Waals surface area contributed by atoms with E-state index in [0.717, 1.165) is 38.1 Å². The lowest BCUT2D eigenvalue weighted by atomic mass is 9.82. The molecule has 0 bridgehead atoms. The Bertz CT molecular complexity index is 1460. The molecule has 1 fully saturated rings. The highest BCUT2D eigenvalue weighted by atomic mass is 32.2. The average molecular weight is 535 g/mol. The van der Waals surface area contributed by atoms with Gasteiger partial charge in [-0.2, -0.15) is 13.2 Å². The fourth-order valence-corrected chi connectivity index (χ4v) is 4.79. The molecule has 2 heterocycles. The number of nitrogens with zero attached hydrogens (tertiary/aromatic N) is 3. The minimum Gasteiger partial charge on any atom is -0.435 e. The Balaban J connectivity index is 1.75. The lowest BCUT2D eigenvalue weighted by molar-refractivity contribution is -0.142. The first-order chi connectivity index (χ1) is 17.3. The van der Waals surface area contributed by atoms with Gasteiger partial charge in [0.15, 0.2) is 21.3 Å². The molecule has 1 N–H and O–H groups in total. The number of amides is 1. The summed E-state index contributed by atoms with van der Waals surface area (Å²) in [5.74, 6) is -0.757. The number of rotatable bonds is 6. The van der Waals surface area contributed by atoms with E-state index in [2.05, 4.69) is 20.5 Å². The first-order valence-corrected chi connectivity index (χ1v) is 13.4. The molecular formula is C25H25F3N4O4S. The molecule has 1 aliphatic carbocycles.